The summed E-state index contributed by atoms with van der Waals surface area (Å²) < 4.78 is 0.570. The standard InChI is InChI=1S/C10H16N4O3S2/c1-3-14(4-2)7(15)5-11-9-12-13-10(19-9)18-6-8(16)17/h3-6H2,1-2H3,(H,11,12)(H,16,17). The number of carbonyl (C=O) groups excluding carboxylic acids is 1. The number of hydrogen-bond acceptors (Lipinski definition) is 7. The van der Waals surface area contributed by atoms with Gasteiger partial charge in [0.25, 0.3) is 0 Å². The first kappa shape index (κ1) is 15.7. The van der Waals surface area contributed by atoms with E-state index in [1.807, 2.05) is 13.8 Å². The summed E-state index contributed by atoms with van der Waals surface area (Å²) in [6, 6.07) is 0. The van der Waals surface area contributed by atoms with Gasteiger partial charge in [0, 0.05) is 13.1 Å². The van der Waals surface area contributed by atoms with E-state index >= 15 is 0 Å². The molecular formula is C10H16N4O3S2. The van der Waals surface area contributed by atoms with Gasteiger partial charge in [-0.15, -0.1) is 10.2 Å². The summed E-state index contributed by atoms with van der Waals surface area (Å²) in [6.45, 7) is 5.36. The normalized spacial score (nSPS) is 10.2. The highest BCUT2D eigenvalue weighted by molar-refractivity contribution is 8.01. The monoisotopic (exact) mass is 304 g/mol. The molecule has 0 aliphatic heterocycles. The Labute approximate surface area is 119 Å². The average molecular weight is 304 g/mol. The van der Waals surface area contributed by atoms with Gasteiger partial charge in [-0.3, -0.25) is 9.59 Å². The fourth-order valence-corrected chi connectivity index (χ4v) is 2.77. The van der Waals surface area contributed by atoms with Crippen LogP contribution < -0.4 is 5.32 Å². The molecule has 0 saturated carbocycles. The summed E-state index contributed by atoms with van der Waals surface area (Å²) in [7, 11) is 0. The number of anilines is 1. The van der Waals surface area contributed by atoms with Gasteiger partial charge in [0.2, 0.25) is 11.0 Å². The maximum atomic E-state index is 11.7. The molecule has 1 amide bonds. The fraction of sp³-hybridized carbons (Fsp3) is 0.600. The van der Waals surface area contributed by atoms with Crippen molar-refractivity contribution in [3.05, 3.63) is 0 Å². The number of nitrogens with zero attached hydrogens (tertiary/aromatic N) is 3. The quantitative estimate of drug-likeness (QED) is 0.692. The van der Waals surface area contributed by atoms with Gasteiger partial charge in [-0.1, -0.05) is 23.1 Å². The van der Waals surface area contributed by atoms with Gasteiger partial charge in [0.15, 0.2) is 4.34 Å². The van der Waals surface area contributed by atoms with Gasteiger partial charge in [0.05, 0.1) is 12.3 Å². The molecule has 0 bridgehead atoms. The van der Waals surface area contributed by atoms with Crippen molar-refractivity contribution in [2.45, 2.75) is 18.2 Å². The fourth-order valence-electron chi connectivity index (χ4n) is 1.30. The third-order valence-electron chi connectivity index (χ3n) is 2.23. The molecule has 0 aliphatic carbocycles. The number of nitrogens with one attached hydrogen (secondary N) is 1. The maximum absolute atomic E-state index is 11.7. The minimum atomic E-state index is -0.897. The summed E-state index contributed by atoms with van der Waals surface area (Å²) in [5.41, 5.74) is 0. The molecule has 0 aliphatic rings. The van der Waals surface area contributed by atoms with E-state index in [-0.39, 0.29) is 18.2 Å². The molecule has 0 atom stereocenters. The van der Waals surface area contributed by atoms with Gasteiger partial charge in [-0.05, 0) is 13.8 Å². The van der Waals surface area contributed by atoms with Crippen molar-refractivity contribution in [3.63, 3.8) is 0 Å². The lowest BCUT2D eigenvalue weighted by atomic mass is 10.4. The second kappa shape index (κ2) is 7.95. The Morgan fingerprint density at radius 3 is 2.63 bits per heavy atom. The lowest BCUT2D eigenvalue weighted by Crippen LogP contribution is -2.35. The van der Waals surface area contributed by atoms with Crippen LogP contribution in [0.5, 0.6) is 0 Å². The molecule has 2 N–H and O–H groups in total. The maximum Gasteiger partial charge on any atom is 0.313 e. The number of thioether (sulfide) groups is 1. The Morgan fingerprint density at radius 1 is 1.37 bits per heavy atom. The molecule has 1 aromatic rings. The SMILES string of the molecule is CCN(CC)C(=O)CNc1nnc(SCC(=O)O)s1. The van der Waals surface area contributed by atoms with Gasteiger partial charge >= 0.3 is 5.97 Å². The number of amides is 1. The molecule has 19 heavy (non-hydrogen) atoms. The van der Waals surface area contributed by atoms with Crippen molar-refractivity contribution < 1.29 is 14.7 Å². The van der Waals surface area contributed by atoms with Crippen LogP contribution in [0.1, 0.15) is 13.8 Å². The van der Waals surface area contributed by atoms with Crippen molar-refractivity contribution >= 4 is 40.1 Å². The summed E-state index contributed by atoms with van der Waals surface area (Å²) >= 11 is 2.35. The van der Waals surface area contributed by atoms with E-state index in [4.69, 9.17) is 5.11 Å². The summed E-state index contributed by atoms with van der Waals surface area (Å²) in [6.07, 6.45) is 0. The van der Waals surface area contributed by atoms with E-state index in [0.29, 0.717) is 22.6 Å². The van der Waals surface area contributed by atoms with Crippen LogP contribution in [0.25, 0.3) is 0 Å². The first-order chi connectivity index (χ1) is 9.06. The molecule has 0 saturated heterocycles. The average Bonchev–Trinajstić information content (AvgIpc) is 2.83. The van der Waals surface area contributed by atoms with Crippen molar-refractivity contribution in [1.82, 2.24) is 15.1 Å². The lowest BCUT2D eigenvalue weighted by molar-refractivity contribution is -0.134. The number of carboxylic acids is 1. The molecule has 7 nitrogen and oxygen atoms in total. The zero-order valence-corrected chi connectivity index (χ0v) is 12.4. The highest BCUT2D eigenvalue weighted by Crippen LogP contribution is 2.24. The molecule has 0 radical (unpaired) electrons. The number of aliphatic carboxylic acids is 1. The van der Waals surface area contributed by atoms with Crippen molar-refractivity contribution in [1.29, 1.82) is 0 Å². The van der Waals surface area contributed by atoms with E-state index in [9.17, 15) is 9.59 Å². The van der Waals surface area contributed by atoms with Gasteiger partial charge in [-0.2, -0.15) is 0 Å². The van der Waals surface area contributed by atoms with Gasteiger partial charge < -0.3 is 15.3 Å². The van der Waals surface area contributed by atoms with Crippen LogP contribution in [0.15, 0.2) is 4.34 Å². The lowest BCUT2D eigenvalue weighted by Gasteiger charge is -2.18. The third kappa shape index (κ3) is 5.43. The number of rotatable bonds is 8. The van der Waals surface area contributed by atoms with Crippen LogP contribution in [0.2, 0.25) is 0 Å². The van der Waals surface area contributed by atoms with Gasteiger partial charge in [-0.25, -0.2) is 0 Å². The van der Waals surface area contributed by atoms with Crippen LogP contribution in [0, 0.1) is 0 Å². The number of hydrogen-bond donors (Lipinski definition) is 2. The van der Waals surface area contributed by atoms with E-state index in [0.717, 1.165) is 11.8 Å². The number of likely N-dealkylation sites (N-methyl/N-ethyl adjacent to an activating group) is 1. The van der Waals surface area contributed by atoms with Gasteiger partial charge in [0.1, 0.15) is 0 Å². The van der Waals surface area contributed by atoms with Crippen LogP contribution in [0.4, 0.5) is 5.13 Å². The molecule has 1 heterocycles. The van der Waals surface area contributed by atoms with Crippen molar-refractivity contribution in [2.75, 3.05) is 30.7 Å². The topological polar surface area (TPSA) is 95.4 Å². The molecule has 0 spiro atoms. The number of carboxylic acid groups (broad SMARTS) is 1. The second-order valence-electron chi connectivity index (χ2n) is 3.48. The predicted octanol–water partition coefficient (Wildman–Crippen LogP) is 0.995. The zero-order chi connectivity index (χ0) is 14.3. The Bertz CT molecular complexity index is 434. The number of aromatic nitrogens is 2. The minimum Gasteiger partial charge on any atom is -0.481 e. The highest BCUT2D eigenvalue weighted by atomic mass is 32.2. The first-order valence-corrected chi connectivity index (χ1v) is 7.56. The Balaban J connectivity index is 2.41. The smallest absolute Gasteiger partial charge is 0.313 e. The molecular weight excluding hydrogens is 288 g/mol. The van der Waals surface area contributed by atoms with Crippen molar-refractivity contribution in [3.8, 4) is 0 Å². The number of carbonyl (C=O) groups is 2. The summed E-state index contributed by atoms with van der Waals surface area (Å²) in [5, 5.41) is 19.6. The Morgan fingerprint density at radius 2 is 2.05 bits per heavy atom. The van der Waals surface area contributed by atoms with E-state index in [1.165, 1.54) is 11.3 Å². The highest BCUT2D eigenvalue weighted by Gasteiger charge is 2.11. The van der Waals surface area contributed by atoms with Crippen LogP contribution in [0.3, 0.4) is 0 Å². The second-order valence-corrected chi connectivity index (χ2v) is 5.68. The Kier molecular flexibility index (Phi) is 6.57. The molecule has 1 rings (SSSR count). The van der Waals surface area contributed by atoms with Crippen LogP contribution >= 0.6 is 23.1 Å². The Hall–Kier alpha value is -1.35. The van der Waals surface area contributed by atoms with E-state index in [2.05, 4.69) is 15.5 Å². The van der Waals surface area contributed by atoms with E-state index in [1.54, 1.807) is 4.90 Å². The molecule has 9 heteroatoms. The third-order valence-corrected chi connectivity index (χ3v) is 4.23. The molecule has 106 valence electrons. The molecule has 0 aromatic carbocycles. The largest absolute Gasteiger partial charge is 0.481 e. The van der Waals surface area contributed by atoms with Crippen LogP contribution in [-0.2, 0) is 9.59 Å². The summed E-state index contributed by atoms with van der Waals surface area (Å²) in [4.78, 5) is 23.9. The van der Waals surface area contributed by atoms with Crippen molar-refractivity contribution in [2.24, 2.45) is 0 Å². The van der Waals surface area contributed by atoms with E-state index < -0.39 is 5.97 Å². The molecule has 0 fully saturated rings. The minimum absolute atomic E-state index is 0.0000565. The molecule has 1 aromatic heterocycles. The zero-order valence-electron chi connectivity index (χ0n) is 10.8. The first-order valence-electron chi connectivity index (χ1n) is 5.76. The van der Waals surface area contributed by atoms with Crippen LogP contribution in [-0.4, -0.2) is 57.5 Å². The summed E-state index contributed by atoms with van der Waals surface area (Å²) in [5.74, 6) is -0.945. The predicted molar refractivity (Wildman–Crippen MR) is 74.7 cm³/mol. The molecule has 0 unspecified atom stereocenters.